The van der Waals surface area contributed by atoms with E-state index >= 15 is 0 Å². The molecule has 6 atom stereocenters. The first-order valence-electron chi connectivity index (χ1n) is 17.1. The Hall–Kier alpha value is -4.15. The molecule has 0 radical (unpaired) electrons. The fourth-order valence-corrected chi connectivity index (χ4v) is 7.47. The molecule has 2 aliphatic rings. The van der Waals surface area contributed by atoms with E-state index in [4.69, 9.17) is 15.0 Å². The molecule has 16 nitrogen and oxygen atoms in total. The predicted octanol–water partition coefficient (Wildman–Crippen LogP) is 2.68. The lowest BCUT2D eigenvalue weighted by Gasteiger charge is -2.35. The largest absolute Gasteiger partial charge is 0.381 e. The van der Waals surface area contributed by atoms with Crippen molar-refractivity contribution < 1.29 is 29.0 Å². The van der Waals surface area contributed by atoms with Gasteiger partial charge in [-0.3, -0.25) is 28.7 Å². The van der Waals surface area contributed by atoms with E-state index in [9.17, 15) is 29.1 Å². The number of nitrogens with zero attached hydrogens (tertiary/aromatic N) is 5. The van der Waals surface area contributed by atoms with Gasteiger partial charge < -0.3 is 30.1 Å². The number of ether oxygens (including phenoxy) is 2. The van der Waals surface area contributed by atoms with E-state index < -0.39 is 75.5 Å². The number of rotatable bonds is 13. The Labute approximate surface area is 306 Å². The van der Waals surface area contributed by atoms with Gasteiger partial charge in [-0.15, -0.1) is 11.8 Å². The van der Waals surface area contributed by atoms with E-state index in [1.807, 2.05) is 65.0 Å². The Morgan fingerprint density at radius 2 is 1.87 bits per heavy atom. The zero-order valence-electron chi connectivity index (χ0n) is 30.9. The number of hydrogen-bond acceptors (Lipinski definition) is 10. The molecule has 0 saturated carbocycles. The highest BCUT2D eigenvalue weighted by Crippen LogP contribution is 2.40. The second-order valence-corrected chi connectivity index (χ2v) is 17.1. The topological polar surface area (TPSA) is 221 Å². The third kappa shape index (κ3) is 10.3. The van der Waals surface area contributed by atoms with Crippen LogP contribution in [0.1, 0.15) is 78.7 Å². The maximum Gasteiger partial charge on any atom is 0.330 e. The minimum atomic E-state index is -1.67. The maximum atomic E-state index is 14.0. The fraction of sp³-hybridized carbons (Fsp3) is 0.629. The molecule has 4 N–H and O–H groups in total. The minimum absolute atomic E-state index is 0.0907. The van der Waals surface area contributed by atoms with Crippen LogP contribution in [0.4, 0.5) is 0 Å². The van der Waals surface area contributed by atoms with Gasteiger partial charge in [0.2, 0.25) is 11.8 Å². The molecule has 0 bridgehead atoms. The number of azide groups is 1. The molecule has 3 amide bonds. The Morgan fingerprint density at radius 1 is 1.19 bits per heavy atom. The second-order valence-electron chi connectivity index (χ2n) is 15.5. The Morgan fingerprint density at radius 3 is 2.50 bits per heavy atom. The van der Waals surface area contributed by atoms with Crippen molar-refractivity contribution >= 4 is 29.5 Å². The zero-order chi connectivity index (χ0) is 38.6. The van der Waals surface area contributed by atoms with Crippen LogP contribution in [-0.4, -0.2) is 96.0 Å². The molecule has 1 unspecified atom stereocenters. The molecule has 2 saturated heterocycles. The van der Waals surface area contributed by atoms with Gasteiger partial charge in [-0.25, -0.2) is 4.79 Å². The van der Waals surface area contributed by atoms with E-state index in [0.29, 0.717) is 5.56 Å². The lowest BCUT2D eigenvalue weighted by molar-refractivity contribution is -0.148. The predicted molar refractivity (Wildman–Crippen MR) is 195 cm³/mol. The van der Waals surface area contributed by atoms with Gasteiger partial charge >= 0.3 is 5.69 Å². The second kappa shape index (κ2) is 16.3. The molecular weight excluding hydrogens is 693 g/mol. The van der Waals surface area contributed by atoms with Gasteiger partial charge in [0.1, 0.15) is 12.3 Å². The molecular formula is C35H50N8O8S. The summed E-state index contributed by atoms with van der Waals surface area (Å²) >= 11 is 1.43. The summed E-state index contributed by atoms with van der Waals surface area (Å²) in [5.41, 5.74) is 7.44. The van der Waals surface area contributed by atoms with Crippen molar-refractivity contribution in [2.75, 3.05) is 12.5 Å². The molecule has 1 aromatic heterocycles. The van der Waals surface area contributed by atoms with Gasteiger partial charge in [-0.1, -0.05) is 35.4 Å². The van der Waals surface area contributed by atoms with Crippen molar-refractivity contribution in [2.45, 2.75) is 127 Å². The number of carbonyl (C=O) groups excluding carboxylic acids is 3. The number of aliphatic hydroxyl groups excluding tert-OH is 1. The lowest BCUT2D eigenvalue weighted by atomic mass is 9.96. The summed E-state index contributed by atoms with van der Waals surface area (Å²) in [5.74, 6) is -1.30. The van der Waals surface area contributed by atoms with Crippen LogP contribution >= 0.6 is 11.8 Å². The number of aromatic amines is 1. The van der Waals surface area contributed by atoms with Crippen molar-refractivity contribution in [3.63, 3.8) is 0 Å². The summed E-state index contributed by atoms with van der Waals surface area (Å²) in [6, 6.07) is 6.55. The molecule has 2 aromatic rings. The third-order valence-corrected chi connectivity index (χ3v) is 10.3. The van der Waals surface area contributed by atoms with Crippen molar-refractivity contribution in [3.8, 4) is 0 Å². The molecule has 52 heavy (non-hydrogen) atoms. The van der Waals surface area contributed by atoms with Crippen molar-refractivity contribution in [1.82, 2.24) is 25.1 Å². The summed E-state index contributed by atoms with van der Waals surface area (Å²) in [6.45, 7) is 14.2. The number of aryl methyl sites for hydroxylation is 1. The molecule has 2 fully saturated rings. The molecule has 17 heteroatoms. The van der Waals surface area contributed by atoms with Crippen LogP contribution in [0.2, 0.25) is 0 Å². The normalized spacial score (nSPS) is 22.7. The number of carbonyl (C=O) groups is 3. The molecule has 0 spiro atoms. The van der Waals surface area contributed by atoms with E-state index in [1.165, 1.54) is 27.4 Å². The van der Waals surface area contributed by atoms with Crippen molar-refractivity contribution in [1.29, 1.82) is 0 Å². The van der Waals surface area contributed by atoms with Crippen LogP contribution < -0.4 is 21.9 Å². The molecule has 0 aliphatic carbocycles. The van der Waals surface area contributed by atoms with Gasteiger partial charge in [0, 0.05) is 33.4 Å². The van der Waals surface area contributed by atoms with Crippen LogP contribution in [0, 0.1) is 6.92 Å². The summed E-state index contributed by atoms with van der Waals surface area (Å²) in [4.78, 5) is 71.8. The highest BCUT2D eigenvalue weighted by molar-refractivity contribution is 8.00. The first kappa shape index (κ1) is 40.6. The summed E-state index contributed by atoms with van der Waals surface area (Å²) < 4.78 is 12.8. The third-order valence-electron chi connectivity index (χ3n) is 8.94. The van der Waals surface area contributed by atoms with Crippen molar-refractivity contribution in [3.05, 3.63) is 78.9 Å². The molecule has 2 aliphatic heterocycles. The first-order valence-corrected chi connectivity index (χ1v) is 18.1. The molecule has 4 rings (SSSR count). The first-order chi connectivity index (χ1) is 24.2. The van der Waals surface area contributed by atoms with E-state index in [1.54, 1.807) is 20.8 Å². The number of aromatic nitrogens is 2. The molecule has 284 valence electrons. The highest BCUT2D eigenvalue weighted by Gasteiger charge is 2.50. The van der Waals surface area contributed by atoms with Gasteiger partial charge in [0.15, 0.2) is 6.10 Å². The lowest BCUT2D eigenvalue weighted by Crippen LogP contribution is -2.60. The minimum Gasteiger partial charge on any atom is -0.381 e. The number of nitrogens with one attached hydrogen (secondary N) is 3. The SMILES string of the molecule is Cc1cn([C@H]2CC(N=[N+]=[N-])[C@@H](COC(C)(C)CC(=O)N[C@@H](Cc3ccccc3)[C@H](O)C(=O)N3CSC(C)(C)[C@H]3C(=O)NC(C)(C)C)O2)c(=O)[nH]c1=O. The maximum absolute atomic E-state index is 14.0. The van der Waals surface area contributed by atoms with Gasteiger partial charge in [0.25, 0.3) is 11.5 Å². The van der Waals surface area contributed by atoms with Crippen LogP contribution in [0.15, 0.2) is 51.2 Å². The fourth-order valence-electron chi connectivity index (χ4n) is 6.33. The average molecular weight is 743 g/mol. The van der Waals surface area contributed by atoms with Gasteiger partial charge in [-0.2, -0.15) is 0 Å². The van der Waals surface area contributed by atoms with Crippen LogP contribution in [0.3, 0.4) is 0 Å². The molecule has 1 aromatic carbocycles. The van der Waals surface area contributed by atoms with Crippen LogP contribution in [0.25, 0.3) is 10.4 Å². The van der Waals surface area contributed by atoms with E-state index in [0.717, 1.165) is 5.56 Å². The van der Waals surface area contributed by atoms with Crippen LogP contribution in [0.5, 0.6) is 0 Å². The Bertz CT molecular complexity index is 1780. The number of H-pyrrole nitrogens is 1. The Kier molecular flexibility index (Phi) is 12.7. The number of amides is 3. The van der Waals surface area contributed by atoms with E-state index in [2.05, 4.69) is 25.6 Å². The number of thioether (sulfide) groups is 1. The number of hydrogen-bond donors (Lipinski definition) is 4. The number of benzene rings is 1. The average Bonchev–Trinajstić information content (AvgIpc) is 3.59. The van der Waals surface area contributed by atoms with Gasteiger partial charge in [-0.05, 0) is 72.9 Å². The highest BCUT2D eigenvalue weighted by atomic mass is 32.2. The monoisotopic (exact) mass is 742 g/mol. The smallest absolute Gasteiger partial charge is 0.330 e. The zero-order valence-corrected chi connectivity index (χ0v) is 31.7. The summed E-state index contributed by atoms with van der Waals surface area (Å²) in [7, 11) is 0. The Balaban J connectivity index is 1.46. The summed E-state index contributed by atoms with van der Waals surface area (Å²) in [5, 5.41) is 21.2. The van der Waals surface area contributed by atoms with Crippen LogP contribution in [-0.2, 0) is 30.3 Å². The van der Waals surface area contributed by atoms with Gasteiger partial charge in [0.05, 0.1) is 42.7 Å². The molecule has 3 heterocycles. The van der Waals surface area contributed by atoms with E-state index in [-0.39, 0.29) is 37.7 Å². The van der Waals surface area contributed by atoms with Crippen molar-refractivity contribution in [2.24, 2.45) is 5.11 Å². The standard InChI is InChI=1S/C35H50N8O8S/c1-20-17-42(32(49)38-29(20)46)26-15-22(40-41-36)24(51-26)18-50-34(5,6)16-25(44)37-23(14-21-12-10-9-11-13-21)27(45)31(48)43-19-52-35(7,8)28(43)30(47)39-33(2,3)4/h9-13,17,22-24,26-28,45H,14-16,18-19H2,1-8H3,(H,37,44)(H,39,47)(H,38,46,49)/t22?,23-,24+,26+,27-,28+/m0/s1. The quantitative estimate of drug-likeness (QED) is 0.134. The summed E-state index contributed by atoms with van der Waals surface area (Å²) in [6.07, 6.45) is -1.76. The number of aliphatic hydroxyl groups is 1.